The van der Waals surface area contributed by atoms with Crippen molar-refractivity contribution in [3.05, 3.63) is 88.9 Å². The summed E-state index contributed by atoms with van der Waals surface area (Å²) in [4.78, 5) is 28.4. The summed E-state index contributed by atoms with van der Waals surface area (Å²) in [5, 5.41) is 33.5. The van der Waals surface area contributed by atoms with Crippen molar-refractivity contribution in [2.45, 2.75) is 95.4 Å². The molecule has 1 aliphatic carbocycles. The van der Waals surface area contributed by atoms with Gasteiger partial charge in [0.25, 0.3) is 5.91 Å². The van der Waals surface area contributed by atoms with Crippen LogP contribution in [0.4, 0.5) is 20.2 Å². The van der Waals surface area contributed by atoms with Gasteiger partial charge in [0.05, 0.1) is 46.6 Å². The zero-order valence-electron chi connectivity index (χ0n) is 33.5. The molecule has 15 heteroatoms. The van der Waals surface area contributed by atoms with Gasteiger partial charge in [-0.05, 0) is 133 Å². The quantitative estimate of drug-likeness (QED) is 0.146. The molecule has 1 saturated carbocycles. The van der Waals surface area contributed by atoms with Gasteiger partial charge in [-0.15, -0.1) is 0 Å². The number of fused-ring (bicyclic) bond motifs is 2. The predicted octanol–water partition coefficient (Wildman–Crippen LogP) is 7.32. The molecule has 4 aliphatic rings. The highest BCUT2D eigenvalue weighted by Crippen LogP contribution is 2.41. The standard InChI is InChI=1S/C44H51F2N9O4/c1-44(2,57)35-23-38-30(20-39(35)49-43(56)40-8-7-33-19-27(24-47)25-48-55(33)40)26-54(50-38)32-5-3-28(4-6-32)29-9-14-52(15-10-29)31-11-16-53(17-12-31)34-21-36(45)42(37(46)22-34)41-13-18-58-51-59-41/h7-8,19-23,25-26,28-29,31-32,41,51,57H,3-6,9-18H2,1-2H3,(H,49,56)/t28?,32?,41-/m1/s1. The van der Waals surface area contributed by atoms with Crippen LogP contribution in [0.15, 0.2) is 54.9 Å². The molecule has 4 fully saturated rings. The lowest BCUT2D eigenvalue weighted by Gasteiger charge is -2.44. The number of carbonyl (C=O) groups is 1. The monoisotopic (exact) mass is 807 g/mol. The average molecular weight is 808 g/mol. The Morgan fingerprint density at radius 1 is 0.932 bits per heavy atom. The van der Waals surface area contributed by atoms with Crippen molar-refractivity contribution in [1.82, 2.24) is 29.9 Å². The predicted molar refractivity (Wildman–Crippen MR) is 217 cm³/mol. The molecule has 0 radical (unpaired) electrons. The summed E-state index contributed by atoms with van der Waals surface area (Å²) in [6.45, 7) is 7.45. The Bertz CT molecular complexity index is 2350. The number of carbonyl (C=O) groups excluding carboxylic acids is 1. The van der Waals surface area contributed by atoms with E-state index in [4.69, 9.17) is 14.8 Å². The van der Waals surface area contributed by atoms with Gasteiger partial charge in [-0.2, -0.15) is 15.5 Å². The second-order valence-corrected chi connectivity index (χ2v) is 17.3. The Balaban J connectivity index is 0.781. The van der Waals surface area contributed by atoms with Crippen molar-refractivity contribution in [2.24, 2.45) is 11.8 Å². The van der Waals surface area contributed by atoms with Crippen LogP contribution in [-0.4, -0.2) is 74.1 Å². The topological polar surface area (TPSA) is 145 Å². The number of nitrogens with zero attached hydrogens (tertiary/aromatic N) is 7. The Morgan fingerprint density at radius 2 is 1.66 bits per heavy atom. The molecular formula is C44H51F2N9O4. The number of aliphatic hydroxyl groups is 1. The van der Waals surface area contributed by atoms with Crippen molar-refractivity contribution in [1.29, 1.82) is 5.26 Å². The molecule has 5 aromatic rings. The maximum absolute atomic E-state index is 15.1. The fourth-order valence-electron chi connectivity index (χ4n) is 10.0. The minimum Gasteiger partial charge on any atom is -0.386 e. The molecule has 0 bridgehead atoms. The highest BCUT2D eigenvalue weighted by atomic mass is 19.1. The molecule has 0 unspecified atom stereocenters. The van der Waals surface area contributed by atoms with E-state index < -0.39 is 23.3 Å². The van der Waals surface area contributed by atoms with E-state index in [-0.39, 0.29) is 17.5 Å². The van der Waals surface area contributed by atoms with Crippen LogP contribution < -0.4 is 15.9 Å². The molecule has 3 aliphatic heterocycles. The fraction of sp³-hybridized carbons (Fsp3) is 0.500. The Morgan fingerprint density at radius 3 is 2.34 bits per heavy atom. The van der Waals surface area contributed by atoms with Gasteiger partial charge >= 0.3 is 0 Å². The summed E-state index contributed by atoms with van der Waals surface area (Å²) in [5.74, 6) is -0.124. The highest BCUT2D eigenvalue weighted by Gasteiger charge is 2.35. The lowest BCUT2D eigenvalue weighted by molar-refractivity contribution is -0.242. The highest BCUT2D eigenvalue weighted by molar-refractivity contribution is 6.05. The number of anilines is 2. The molecule has 310 valence electrons. The van der Waals surface area contributed by atoms with Crippen molar-refractivity contribution < 1.29 is 28.4 Å². The van der Waals surface area contributed by atoms with E-state index in [1.54, 1.807) is 32.0 Å². The maximum Gasteiger partial charge on any atom is 0.274 e. The van der Waals surface area contributed by atoms with Gasteiger partial charge in [-0.25, -0.2) is 13.3 Å². The number of likely N-dealkylation sites (tertiary alicyclic amines) is 1. The van der Waals surface area contributed by atoms with Crippen LogP contribution >= 0.6 is 0 Å². The molecule has 59 heavy (non-hydrogen) atoms. The lowest BCUT2D eigenvalue weighted by atomic mass is 9.74. The summed E-state index contributed by atoms with van der Waals surface area (Å²) < 4.78 is 33.8. The van der Waals surface area contributed by atoms with Crippen molar-refractivity contribution >= 4 is 33.7 Å². The molecule has 3 saturated heterocycles. The fourth-order valence-corrected chi connectivity index (χ4v) is 10.0. The van der Waals surface area contributed by atoms with Gasteiger partial charge < -0.3 is 20.2 Å². The number of nitriles is 1. The first-order chi connectivity index (χ1) is 28.5. The van der Waals surface area contributed by atoms with Crippen LogP contribution in [0, 0.1) is 34.8 Å². The Labute approximate surface area is 341 Å². The van der Waals surface area contributed by atoms with Crippen LogP contribution in [0.5, 0.6) is 0 Å². The van der Waals surface area contributed by atoms with E-state index in [2.05, 4.69) is 42.8 Å². The Kier molecular flexibility index (Phi) is 10.9. The molecule has 6 heterocycles. The summed E-state index contributed by atoms with van der Waals surface area (Å²) >= 11 is 0. The van der Waals surface area contributed by atoms with E-state index in [1.165, 1.54) is 48.5 Å². The first-order valence-corrected chi connectivity index (χ1v) is 21.0. The second-order valence-electron chi connectivity index (χ2n) is 17.3. The van der Waals surface area contributed by atoms with Crippen molar-refractivity contribution in [3.8, 4) is 6.07 Å². The zero-order valence-corrected chi connectivity index (χ0v) is 33.5. The van der Waals surface area contributed by atoms with Gasteiger partial charge in [-0.3, -0.25) is 19.2 Å². The van der Waals surface area contributed by atoms with E-state index in [0.717, 1.165) is 62.8 Å². The number of aromatic nitrogens is 4. The molecule has 2 aromatic carbocycles. The molecule has 9 rings (SSSR count). The van der Waals surface area contributed by atoms with E-state index >= 15 is 8.78 Å². The lowest BCUT2D eigenvalue weighted by Crippen LogP contribution is -2.48. The summed E-state index contributed by atoms with van der Waals surface area (Å²) in [7, 11) is 0. The second kappa shape index (κ2) is 16.2. The van der Waals surface area contributed by atoms with E-state index in [1.807, 2.05) is 12.1 Å². The average Bonchev–Trinajstić information content (AvgIpc) is 3.87. The summed E-state index contributed by atoms with van der Waals surface area (Å²) in [5.41, 5.74) is 4.81. The first-order valence-electron chi connectivity index (χ1n) is 21.0. The smallest absolute Gasteiger partial charge is 0.274 e. The first kappa shape index (κ1) is 39.5. The molecule has 3 aromatic heterocycles. The van der Waals surface area contributed by atoms with Crippen molar-refractivity contribution in [3.63, 3.8) is 0 Å². The minimum atomic E-state index is -1.24. The van der Waals surface area contributed by atoms with Crippen LogP contribution in [0.1, 0.15) is 111 Å². The van der Waals surface area contributed by atoms with Gasteiger partial charge in [0, 0.05) is 54.1 Å². The number of halogens is 2. The van der Waals surface area contributed by atoms with Crippen LogP contribution in [0.2, 0.25) is 0 Å². The molecular weight excluding hydrogens is 757 g/mol. The largest absolute Gasteiger partial charge is 0.386 e. The minimum absolute atomic E-state index is 0.0508. The number of nitrogens with one attached hydrogen (secondary N) is 2. The van der Waals surface area contributed by atoms with Gasteiger partial charge in [0.1, 0.15) is 29.5 Å². The van der Waals surface area contributed by atoms with Gasteiger partial charge in [0.2, 0.25) is 0 Å². The molecule has 0 spiro atoms. The normalized spacial score (nSPS) is 22.8. The van der Waals surface area contributed by atoms with Crippen LogP contribution in [0.3, 0.4) is 0 Å². The number of rotatable bonds is 8. The third-order valence-corrected chi connectivity index (χ3v) is 13.3. The van der Waals surface area contributed by atoms with Gasteiger partial charge in [-0.1, -0.05) is 5.64 Å². The number of hydrogen-bond acceptors (Lipinski definition) is 10. The van der Waals surface area contributed by atoms with Crippen LogP contribution in [0.25, 0.3) is 16.4 Å². The molecule has 1 amide bonds. The number of piperidine rings is 2. The maximum atomic E-state index is 15.1. The summed E-state index contributed by atoms with van der Waals surface area (Å²) in [6.07, 6.45) is 12.0. The van der Waals surface area contributed by atoms with E-state index in [0.29, 0.717) is 64.6 Å². The zero-order chi connectivity index (χ0) is 40.8. The third kappa shape index (κ3) is 8.04. The summed E-state index contributed by atoms with van der Waals surface area (Å²) in [6, 6.07) is 14.6. The number of benzene rings is 2. The third-order valence-electron chi connectivity index (χ3n) is 13.3. The number of hydrogen-bond donors (Lipinski definition) is 3. The SMILES string of the molecule is CC(C)(O)c1cc2nn(C3CCC(C4CCN(C5CCN(c6cc(F)c([C@H]7CCONO7)c(F)c6)CC5)CC4)CC3)cc2cc1NC(=O)c1ccc2cc(C#N)cnn12. The Hall–Kier alpha value is -4.98. The van der Waals surface area contributed by atoms with Crippen molar-refractivity contribution in [2.75, 3.05) is 43.0 Å². The number of amides is 1. The molecule has 1 atom stereocenters. The van der Waals surface area contributed by atoms with Crippen LogP contribution in [-0.2, 0) is 15.3 Å². The van der Waals surface area contributed by atoms with E-state index in [9.17, 15) is 15.2 Å². The van der Waals surface area contributed by atoms with Gasteiger partial charge in [0.15, 0.2) is 0 Å². The molecule has 13 nitrogen and oxygen atoms in total. The molecule has 3 N–H and O–H groups in total.